The average molecular weight is 527 g/mol. The minimum absolute atomic E-state index is 0. The number of unbranched alkanes of at least 4 members (excludes halogenated alkanes) is 1. The molecule has 6 nitrogen and oxygen atoms in total. The molecule has 2 N–H and O–H groups in total. The van der Waals surface area contributed by atoms with E-state index < -0.39 is 0 Å². The Morgan fingerprint density at radius 3 is 2.40 bits per heavy atom. The molecule has 2 aliphatic rings. The third kappa shape index (κ3) is 7.41. The van der Waals surface area contributed by atoms with Crippen LogP contribution in [0.2, 0.25) is 0 Å². The zero-order chi connectivity index (χ0) is 20.5. The van der Waals surface area contributed by atoms with Gasteiger partial charge in [-0.3, -0.25) is 9.79 Å². The number of nitrogens with one attached hydrogen (secondary N) is 2. The van der Waals surface area contributed by atoms with Crippen molar-refractivity contribution >= 4 is 35.8 Å². The number of nitrogens with zero attached hydrogens (tertiary/aromatic N) is 3. The summed E-state index contributed by atoms with van der Waals surface area (Å²) in [7, 11) is 1.82. The van der Waals surface area contributed by atoms with Crippen LogP contribution in [0.3, 0.4) is 0 Å². The number of aliphatic imine (C=N–C) groups is 1. The van der Waals surface area contributed by atoms with E-state index in [1.165, 1.54) is 56.4 Å². The number of likely N-dealkylation sites (tertiary alicyclic amines) is 1. The van der Waals surface area contributed by atoms with Gasteiger partial charge in [-0.05, 0) is 43.4 Å². The second kappa shape index (κ2) is 13.1. The summed E-state index contributed by atoms with van der Waals surface area (Å²) in [5.74, 6) is 1.10. The van der Waals surface area contributed by atoms with Gasteiger partial charge in [-0.2, -0.15) is 0 Å². The molecule has 1 saturated heterocycles. The summed E-state index contributed by atoms with van der Waals surface area (Å²) in [5, 5.41) is 6.93. The van der Waals surface area contributed by atoms with Crippen molar-refractivity contribution in [1.82, 2.24) is 20.4 Å². The molecule has 1 aromatic carbocycles. The smallest absolute Gasteiger partial charge is 0.223 e. The molecule has 7 heteroatoms. The SMILES string of the molecule is CCCCN1CCC(NC(=NC)NCCCC(=O)N2Cc3ccccc3C2)CC1.I. The van der Waals surface area contributed by atoms with E-state index >= 15 is 0 Å². The van der Waals surface area contributed by atoms with E-state index in [0.29, 0.717) is 12.5 Å². The number of halogens is 1. The molecule has 0 radical (unpaired) electrons. The first-order valence-corrected chi connectivity index (χ1v) is 11.2. The highest BCUT2D eigenvalue weighted by molar-refractivity contribution is 14.0. The topological polar surface area (TPSA) is 60.0 Å². The van der Waals surface area contributed by atoms with Crippen LogP contribution in [0.1, 0.15) is 56.6 Å². The second-order valence-corrected chi connectivity index (χ2v) is 8.23. The summed E-state index contributed by atoms with van der Waals surface area (Å²) in [6.45, 7) is 8.09. The maximum atomic E-state index is 12.5. The van der Waals surface area contributed by atoms with E-state index in [1.54, 1.807) is 0 Å². The van der Waals surface area contributed by atoms with Gasteiger partial charge in [-0.1, -0.05) is 37.6 Å². The number of rotatable bonds is 8. The van der Waals surface area contributed by atoms with Gasteiger partial charge in [0.25, 0.3) is 0 Å². The van der Waals surface area contributed by atoms with Gasteiger partial charge in [0.15, 0.2) is 5.96 Å². The Kier molecular flexibility index (Phi) is 10.9. The van der Waals surface area contributed by atoms with Crippen molar-refractivity contribution in [3.63, 3.8) is 0 Å². The maximum Gasteiger partial charge on any atom is 0.223 e. The highest BCUT2D eigenvalue weighted by Gasteiger charge is 2.22. The number of amides is 1. The maximum absolute atomic E-state index is 12.5. The monoisotopic (exact) mass is 527 g/mol. The van der Waals surface area contributed by atoms with Gasteiger partial charge in [0.05, 0.1) is 0 Å². The Bertz CT molecular complexity index is 663. The van der Waals surface area contributed by atoms with Crippen LogP contribution in [-0.2, 0) is 17.9 Å². The lowest BCUT2D eigenvalue weighted by molar-refractivity contribution is -0.131. The first-order valence-electron chi connectivity index (χ1n) is 11.2. The molecule has 0 aromatic heterocycles. The van der Waals surface area contributed by atoms with E-state index in [1.807, 2.05) is 24.1 Å². The zero-order valence-electron chi connectivity index (χ0n) is 18.5. The standard InChI is InChI=1S/C23H37N5O.HI/c1-3-4-14-27-15-11-21(12-16-27)26-23(24-2)25-13-7-10-22(29)28-17-19-8-5-6-9-20(19)18-28;/h5-6,8-9,21H,3-4,7,10-18H2,1-2H3,(H2,24,25,26);1H. The summed E-state index contributed by atoms with van der Waals surface area (Å²) < 4.78 is 0. The van der Waals surface area contributed by atoms with Gasteiger partial charge in [-0.15, -0.1) is 24.0 Å². The van der Waals surface area contributed by atoms with E-state index in [-0.39, 0.29) is 29.9 Å². The molecule has 0 atom stereocenters. The van der Waals surface area contributed by atoms with Crippen molar-refractivity contribution in [3.05, 3.63) is 35.4 Å². The summed E-state index contributed by atoms with van der Waals surface area (Å²) >= 11 is 0. The van der Waals surface area contributed by atoms with Crippen LogP contribution in [0.15, 0.2) is 29.3 Å². The van der Waals surface area contributed by atoms with Crippen molar-refractivity contribution in [2.45, 2.75) is 64.6 Å². The third-order valence-corrected chi connectivity index (χ3v) is 6.03. The predicted molar refractivity (Wildman–Crippen MR) is 134 cm³/mol. The predicted octanol–water partition coefficient (Wildman–Crippen LogP) is 3.36. The van der Waals surface area contributed by atoms with Gasteiger partial charge >= 0.3 is 0 Å². The molecule has 1 fully saturated rings. The molecule has 168 valence electrons. The van der Waals surface area contributed by atoms with Crippen LogP contribution >= 0.6 is 24.0 Å². The first kappa shape index (κ1) is 24.9. The molecule has 2 heterocycles. The molecule has 1 aromatic rings. The second-order valence-electron chi connectivity index (χ2n) is 8.23. The fourth-order valence-corrected chi connectivity index (χ4v) is 4.18. The van der Waals surface area contributed by atoms with Gasteiger partial charge in [0.1, 0.15) is 0 Å². The fraction of sp³-hybridized carbons (Fsp3) is 0.652. The molecule has 0 saturated carbocycles. The molecule has 1 amide bonds. The highest BCUT2D eigenvalue weighted by Crippen LogP contribution is 2.22. The molecule has 30 heavy (non-hydrogen) atoms. The molecule has 0 bridgehead atoms. The lowest BCUT2D eigenvalue weighted by Crippen LogP contribution is -2.49. The molecule has 3 rings (SSSR count). The lowest BCUT2D eigenvalue weighted by Gasteiger charge is -2.33. The minimum Gasteiger partial charge on any atom is -0.356 e. The number of carbonyl (C=O) groups is 1. The summed E-state index contributed by atoms with van der Waals surface area (Å²) in [6, 6.07) is 8.82. The summed E-state index contributed by atoms with van der Waals surface area (Å²) in [5.41, 5.74) is 2.56. The number of carbonyl (C=O) groups excluding carboxylic acids is 1. The largest absolute Gasteiger partial charge is 0.356 e. The number of hydrogen-bond donors (Lipinski definition) is 2. The number of piperidine rings is 1. The molecule has 0 spiro atoms. The third-order valence-electron chi connectivity index (χ3n) is 6.03. The number of hydrogen-bond acceptors (Lipinski definition) is 3. The Labute approximate surface area is 198 Å². The van der Waals surface area contributed by atoms with Crippen molar-refractivity contribution < 1.29 is 4.79 Å². The zero-order valence-corrected chi connectivity index (χ0v) is 20.9. The van der Waals surface area contributed by atoms with Crippen LogP contribution in [0.25, 0.3) is 0 Å². The number of benzene rings is 1. The van der Waals surface area contributed by atoms with E-state index in [9.17, 15) is 4.79 Å². The van der Waals surface area contributed by atoms with Crippen LogP contribution in [0.4, 0.5) is 0 Å². The normalized spacial score (nSPS) is 17.4. The van der Waals surface area contributed by atoms with Crippen molar-refractivity contribution in [2.24, 2.45) is 4.99 Å². The minimum atomic E-state index is 0. The van der Waals surface area contributed by atoms with Gasteiger partial charge < -0.3 is 20.4 Å². The number of guanidine groups is 1. The molecular formula is C23H38IN5O. The Balaban J connectivity index is 0.00000320. The fourth-order valence-electron chi connectivity index (χ4n) is 4.18. The van der Waals surface area contributed by atoms with E-state index in [2.05, 4.69) is 39.6 Å². The van der Waals surface area contributed by atoms with Crippen molar-refractivity contribution in [2.75, 3.05) is 33.2 Å². The van der Waals surface area contributed by atoms with E-state index in [0.717, 1.165) is 32.0 Å². The average Bonchev–Trinajstić information content (AvgIpc) is 3.19. The molecular weight excluding hydrogens is 489 g/mol. The molecule has 2 aliphatic heterocycles. The highest BCUT2D eigenvalue weighted by atomic mass is 127. The summed E-state index contributed by atoms with van der Waals surface area (Å²) in [4.78, 5) is 21.4. The Morgan fingerprint density at radius 1 is 1.13 bits per heavy atom. The van der Waals surface area contributed by atoms with Gasteiger partial charge in [0, 0.05) is 52.2 Å². The number of fused-ring (bicyclic) bond motifs is 1. The quantitative estimate of drug-likeness (QED) is 0.236. The van der Waals surface area contributed by atoms with Crippen LogP contribution in [-0.4, -0.2) is 60.9 Å². The van der Waals surface area contributed by atoms with Crippen LogP contribution in [0, 0.1) is 0 Å². The van der Waals surface area contributed by atoms with Crippen LogP contribution in [0.5, 0.6) is 0 Å². The molecule has 0 aliphatic carbocycles. The van der Waals surface area contributed by atoms with Gasteiger partial charge in [0.2, 0.25) is 5.91 Å². The van der Waals surface area contributed by atoms with Crippen LogP contribution < -0.4 is 10.6 Å². The van der Waals surface area contributed by atoms with Crippen molar-refractivity contribution in [1.29, 1.82) is 0 Å². The first-order chi connectivity index (χ1) is 14.2. The Hall–Kier alpha value is -1.35. The summed E-state index contributed by atoms with van der Waals surface area (Å²) in [6.07, 6.45) is 6.29. The Morgan fingerprint density at radius 2 is 1.80 bits per heavy atom. The molecule has 0 unspecified atom stereocenters. The lowest BCUT2D eigenvalue weighted by atomic mass is 10.0. The van der Waals surface area contributed by atoms with Crippen molar-refractivity contribution in [3.8, 4) is 0 Å². The van der Waals surface area contributed by atoms with Gasteiger partial charge in [-0.25, -0.2) is 0 Å². The van der Waals surface area contributed by atoms with E-state index in [4.69, 9.17) is 0 Å².